The third kappa shape index (κ3) is 3.27. The van der Waals surface area contributed by atoms with Crippen LogP contribution in [-0.2, 0) is 14.9 Å². The van der Waals surface area contributed by atoms with Gasteiger partial charge < -0.3 is 0 Å². The zero-order valence-corrected chi connectivity index (χ0v) is 12.8. The molecular weight excluding hydrogens is 298 g/mol. The monoisotopic (exact) mass is 315 g/mol. The Morgan fingerprint density at radius 1 is 1.00 bits per heavy atom. The molecule has 1 fully saturated rings. The number of hydroxylamine groups is 1. The first-order valence-corrected chi connectivity index (χ1v) is 8.62. The second-order valence-corrected chi connectivity index (χ2v) is 6.72. The molecule has 0 unspecified atom stereocenters. The molecule has 1 atom stereocenters. The van der Waals surface area contributed by atoms with E-state index in [0.717, 1.165) is 15.6 Å². The molecule has 0 aliphatic carbocycles. The van der Waals surface area contributed by atoms with Crippen LogP contribution in [-0.4, -0.2) is 19.5 Å². The van der Waals surface area contributed by atoms with Gasteiger partial charge in [-0.05, 0) is 23.6 Å². The Bertz CT molecular complexity index is 742. The minimum absolute atomic E-state index is 0.272. The minimum Gasteiger partial charge on any atom is -0.283 e. The minimum atomic E-state index is -3.62. The average molecular weight is 315 g/mol. The van der Waals surface area contributed by atoms with Crippen LogP contribution >= 0.6 is 0 Å². The van der Waals surface area contributed by atoms with E-state index >= 15 is 0 Å². The SMILES string of the molecule is O=S(=O)(/C=C/c1ccccc1)N1OCC[C@H]1c1ccccc1. The Balaban J connectivity index is 1.84. The molecule has 5 heteroatoms. The first-order valence-electron chi connectivity index (χ1n) is 7.12. The summed E-state index contributed by atoms with van der Waals surface area (Å²) in [5, 5.41) is 1.20. The molecule has 0 aromatic heterocycles. The number of benzene rings is 2. The summed E-state index contributed by atoms with van der Waals surface area (Å²) in [5.41, 5.74) is 1.78. The molecule has 4 nitrogen and oxygen atoms in total. The second-order valence-electron chi connectivity index (χ2n) is 5.06. The van der Waals surface area contributed by atoms with Crippen LogP contribution in [0, 0.1) is 0 Å². The fourth-order valence-electron chi connectivity index (χ4n) is 2.45. The molecule has 0 bridgehead atoms. The van der Waals surface area contributed by atoms with Crippen molar-refractivity contribution in [1.29, 1.82) is 0 Å². The van der Waals surface area contributed by atoms with Crippen LogP contribution in [0.15, 0.2) is 66.1 Å². The zero-order valence-electron chi connectivity index (χ0n) is 12.0. The van der Waals surface area contributed by atoms with E-state index in [9.17, 15) is 8.42 Å². The number of rotatable bonds is 4. The lowest BCUT2D eigenvalue weighted by Gasteiger charge is -2.20. The first-order chi connectivity index (χ1) is 10.7. The zero-order chi connectivity index (χ0) is 15.4. The summed E-state index contributed by atoms with van der Waals surface area (Å²) in [6.45, 7) is 0.401. The van der Waals surface area contributed by atoms with Crippen LogP contribution in [0.3, 0.4) is 0 Å². The highest BCUT2D eigenvalue weighted by molar-refractivity contribution is 7.92. The highest BCUT2D eigenvalue weighted by Gasteiger charge is 2.35. The lowest BCUT2D eigenvalue weighted by molar-refractivity contribution is -0.0486. The van der Waals surface area contributed by atoms with Crippen LogP contribution in [0.2, 0.25) is 0 Å². The van der Waals surface area contributed by atoms with Crippen molar-refractivity contribution in [1.82, 2.24) is 4.47 Å². The van der Waals surface area contributed by atoms with E-state index in [4.69, 9.17) is 4.84 Å². The maximum absolute atomic E-state index is 12.5. The van der Waals surface area contributed by atoms with Crippen molar-refractivity contribution < 1.29 is 13.3 Å². The van der Waals surface area contributed by atoms with Crippen molar-refractivity contribution in [2.24, 2.45) is 0 Å². The van der Waals surface area contributed by atoms with Gasteiger partial charge in [0.15, 0.2) is 0 Å². The van der Waals surface area contributed by atoms with Gasteiger partial charge in [0.25, 0.3) is 10.0 Å². The molecule has 0 radical (unpaired) electrons. The number of sulfonamides is 1. The summed E-state index contributed by atoms with van der Waals surface area (Å²) in [7, 11) is -3.62. The Labute approximate surface area is 130 Å². The molecule has 2 aromatic carbocycles. The molecule has 1 heterocycles. The average Bonchev–Trinajstić information content (AvgIpc) is 3.06. The molecule has 0 saturated carbocycles. The molecule has 1 aliphatic heterocycles. The summed E-state index contributed by atoms with van der Waals surface area (Å²) >= 11 is 0. The molecule has 114 valence electrons. The van der Waals surface area contributed by atoms with Crippen LogP contribution in [0.4, 0.5) is 0 Å². The molecule has 3 rings (SSSR count). The van der Waals surface area contributed by atoms with Gasteiger partial charge in [0, 0.05) is 5.41 Å². The van der Waals surface area contributed by atoms with Gasteiger partial charge in [-0.3, -0.25) is 4.84 Å². The fourth-order valence-corrected chi connectivity index (χ4v) is 3.71. The van der Waals surface area contributed by atoms with E-state index in [-0.39, 0.29) is 6.04 Å². The van der Waals surface area contributed by atoms with Gasteiger partial charge in [-0.2, -0.15) is 0 Å². The molecule has 0 spiro atoms. The van der Waals surface area contributed by atoms with E-state index in [1.807, 2.05) is 60.7 Å². The van der Waals surface area contributed by atoms with Gasteiger partial charge in [0.2, 0.25) is 0 Å². The molecular formula is C17H17NO3S. The maximum Gasteiger partial charge on any atom is 0.258 e. The van der Waals surface area contributed by atoms with Crippen LogP contribution in [0.5, 0.6) is 0 Å². The number of hydrogen-bond acceptors (Lipinski definition) is 3. The van der Waals surface area contributed by atoms with Crippen molar-refractivity contribution in [3.8, 4) is 0 Å². The normalized spacial score (nSPS) is 19.7. The molecule has 22 heavy (non-hydrogen) atoms. The second kappa shape index (κ2) is 6.44. The Morgan fingerprint density at radius 2 is 1.64 bits per heavy atom. The van der Waals surface area contributed by atoms with Crippen LogP contribution < -0.4 is 0 Å². The highest BCUT2D eigenvalue weighted by Crippen LogP contribution is 2.33. The third-order valence-electron chi connectivity index (χ3n) is 3.53. The van der Waals surface area contributed by atoms with Crippen molar-refractivity contribution in [3.63, 3.8) is 0 Å². The van der Waals surface area contributed by atoms with Gasteiger partial charge in [0.1, 0.15) is 0 Å². The van der Waals surface area contributed by atoms with Crippen LogP contribution in [0.1, 0.15) is 23.6 Å². The fraction of sp³-hybridized carbons (Fsp3) is 0.176. The van der Waals surface area contributed by atoms with E-state index in [0.29, 0.717) is 13.0 Å². The van der Waals surface area contributed by atoms with E-state index in [1.165, 1.54) is 5.41 Å². The van der Waals surface area contributed by atoms with Crippen molar-refractivity contribution in [3.05, 3.63) is 77.2 Å². The van der Waals surface area contributed by atoms with E-state index in [2.05, 4.69) is 0 Å². The summed E-state index contributed by atoms with van der Waals surface area (Å²) in [5.74, 6) is 0. The van der Waals surface area contributed by atoms with Crippen molar-refractivity contribution in [2.45, 2.75) is 12.5 Å². The molecule has 2 aromatic rings. The predicted octanol–water partition coefficient (Wildman–Crippen LogP) is 3.37. The van der Waals surface area contributed by atoms with Crippen molar-refractivity contribution in [2.75, 3.05) is 6.61 Å². The largest absolute Gasteiger partial charge is 0.283 e. The van der Waals surface area contributed by atoms with Gasteiger partial charge in [-0.15, -0.1) is 0 Å². The summed E-state index contributed by atoms with van der Waals surface area (Å²) in [6, 6.07) is 18.6. The Morgan fingerprint density at radius 3 is 2.32 bits per heavy atom. The quantitative estimate of drug-likeness (QED) is 0.869. The van der Waals surface area contributed by atoms with Gasteiger partial charge >= 0.3 is 0 Å². The molecule has 0 N–H and O–H groups in total. The first kappa shape index (κ1) is 15.0. The van der Waals surface area contributed by atoms with Crippen LogP contribution in [0.25, 0.3) is 6.08 Å². The highest BCUT2D eigenvalue weighted by atomic mass is 32.2. The molecule has 0 amide bonds. The van der Waals surface area contributed by atoms with Crippen molar-refractivity contribution >= 4 is 16.1 Å². The third-order valence-corrected chi connectivity index (χ3v) is 4.87. The van der Waals surface area contributed by atoms with Gasteiger partial charge in [0.05, 0.1) is 12.6 Å². The van der Waals surface area contributed by atoms with Gasteiger partial charge in [-0.1, -0.05) is 65.1 Å². The summed E-state index contributed by atoms with van der Waals surface area (Å²) < 4.78 is 26.1. The molecule has 1 aliphatic rings. The summed E-state index contributed by atoms with van der Waals surface area (Å²) in [4.78, 5) is 5.37. The van der Waals surface area contributed by atoms with Gasteiger partial charge in [-0.25, -0.2) is 8.42 Å². The number of nitrogens with zero attached hydrogens (tertiary/aromatic N) is 1. The van der Waals surface area contributed by atoms with E-state index < -0.39 is 10.0 Å². The Hall–Kier alpha value is -1.95. The lowest BCUT2D eigenvalue weighted by atomic mass is 10.1. The standard InChI is InChI=1S/C17H17NO3S/c19-22(20,14-12-15-7-3-1-4-8-15)18-17(11-13-21-18)16-9-5-2-6-10-16/h1-10,12,14,17H,11,13H2/b14-12+/t17-/m0/s1. The lowest BCUT2D eigenvalue weighted by Crippen LogP contribution is -2.27. The predicted molar refractivity (Wildman–Crippen MR) is 86.0 cm³/mol. The smallest absolute Gasteiger partial charge is 0.258 e. The number of hydrogen-bond donors (Lipinski definition) is 0. The topological polar surface area (TPSA) is 46.6 Å². The maximum atomic E-state index is 12.5. The van der Waals surface area contributed by atoms with E-state index in [1.54, 1.807) is 6.08 Å². The Kier molecular flexibility index (Phi) is 4.38. The summed E-state index contributed by atoms with van der Waals surface area (Å²) in [6.07, 6.45) is 2.24. The molecule has 1 saturated heterocycles.